The molecule has 0 aliphatic heterocycles. The first-order chi connectivity index (χ1) is 6.74. The largest absolute Gasteiger partial charge is 0.352 e. The molecular weight excluding hydrogens is 199 g/mol. The smallest absolute Gasteiger partial charge is 0.171 e. The molecule has 0 bridgehead atoms. The maximum absolute atomic E-state index is 13.1. The van der Waals surface area contributed by atoms with Gasteiger partial charge >= 0.3 is 0 Å². The van der Waals surface area contributed by atoms with Crippen LogP contribution in [0.3, 0.4) is 0 Å². The summed E-state index contributed by atoms with van der Waals surface area (Å²) in [6.07, 6.45) is 5.03. The van der Waals surface area contributed by atoms with E-state index in [2.05, 4.69) is 16.6 Å². The normalized spacial score (nSPS) is 8.86. The van der Waals surface area contributed by atoms with Crippen molar-refractivity contribution < 1.29 is 4.39 Å². The van der Waals surface area contributed by atoms with Crippen LogP contribution in [-0.2, 0) is 0 Å². The second kappa shape index (κ2) is 5.20. The Hall–Kier alpha value is -1.60. The van der Waals surface area contributed by atoms with Crippen LogP contribution in [0.25, 0.3) is 0 Å². The van der Waals surface area contributed by atoms with Gasteiger partial charge in [-0.3, -0.25) is 0 Å². The summed E-state index contributed by atoms with van der Waals surface area (Å²) >= 11 is 4.88. The minimum Gasteiger partial charge on any atom is -0.352 e. The fourth-order valence-electron chi connectivity index (χ4n) is 0.860. The highest BCUT2D eigenvalue weighted by Gasteiger charge is 2.00. The van der Waals surface area contributed by atoms with Crippen LogP contribution in [0.2, 0.25) is 0 Å². The molecule has 2 N–H and O–H groups in total. The van der Waals surface area contributed by atoms with Gasteiger partial charge in [0.1, 0.15) is 5.82 Å². The van der Waals surface area contributed by atoms with Crippen LogP contribution < -0.4 is 10.6 Å². The number of hydrogen-bond donors (Lipinski definition) is 2. The first-order valence-electron chi connectivity index (χ1n) is 3.97. The van der Waals surface area contributed by atoms with E-state index in [-0.39, 0.29) is 5.82 Å². The quantitative estimate of drug-likeness (QED) is 0.572. The molecule has 1 aromatic rings. The van der Waals surface area contributed by atoms with Gasteiger partial charge in [0.15, 0.2) is 5.11 Å². The molecule has 0 aliphatic carbocycles. The third-order valence-electron chi connectivity index (χ3n) is 1.47. The second-order valence-corrected chi connectivity index (χ2v) is 2.90. The van der Waals surface area contributed by atoms with Crippen molar-refractivity contribution in [3.8, 4) is 12.3 Å². The van der Waals surface area contributed by atoms with Crippen LogP contribution in [0.15, 0.2) is 24.3 Å². The number of anilines is 1. The molecule has 0 fully saturated rings. The van der Waals surface area contributed by atoms with E-state index in [4.69, 9.17) is 18.6 Å². The number of para-hydroxylation sites is 1. The van der Waals surface area contributed by atoms with Crippen LogP contribution in [0.4, 0.5) is 10.1 Å². The van der Waals surface area contributed by atoms with Gasteiger partial charge in [0, 0.05) is 0 Å². The minimum absolute atomic E-state index is 0.313. The molecule has 2 nitrogen and oxygen atoms in total. The zero-order chi connectivity index (χ0) is 10.4. The van der Waals surface area contributed by atoms with Crippen molar-refractivity contribution in [3.63, 3.8) is 0 Å². The Balaban J connectivity index is 2.57. The summed E-state index contributed by atoms with van der Waals surface area (Å²) < 4.78 is 13.1. The van der Waals surface area contributed by atoms with E-state index >= 15 is 0 Å². The van der Waals surface area contributed by atoms with Gasteiger partial charge in [-0.15, -0.1) is 6.42 Å². The zero-order valence-corrected chi connectivity index (χ0v) is 8.20. The van der Waals surface area contributed by atoms with E-state index < -0.39 is 0 Å². The zero-order valence-electron chi connectivity index (χ0n) is 7.38. The van der Waals surface area contributed by atoms with Crippen molar-refractivity contribution in [2.24, 2.45) is 0 Å². The van der Waals surface area contributed by atoms with Crippen LogP contribution >= 0.6 is 12.2 Å². The molecule has 0 heterocycles. The predicted octanol–water partition coefficient (Wildman–Crippen LogP) is 1.75. The molecule has 0 spiro atoms. The molecule has 4 heteroatoms. The summed E-state index contributed by atoms with van der Waals surface area (Å²) in [6, 6.07) is 6.28. The highest BCUT2D eigenvalue weighted by molar-refractivity contribution is 7.80. The molecule has 0 saturated heterocycles. The molecule has 0 amide bonds. The monoisotopic (exact) mass is 208 g/mol. The number of benzene rings is 1. The molecule has 0 radical (unpaired) electrons. The third kappa shape index (κ3) is 3.04. The Labute approximate surface area is 87.5 Å². The summed E-state index contributed by atoms with van der Waals surface area (Å²) in [6.45, 7) is 0.320. The lowest BCUT2D eigenvalue weighted by atomic mass is 10.3. The minimum atomic E-state index is -0.350. The number of halogens is 1. The maximum atomic E-state index is 13.1. The Morgan fingerprint density at radius 3 is 2.86 bits per heavy atom. The number of terminal acetylenes is 1. The molecule has 0 unspecified atom stereocenters. The molecular formula is C10H9FN2S. The second-order valence-electron chi connectivity index (χ2n) is 2.49. The summed E-state index contributed by atoms with van der Waals surface area (Å²) in [5.74, 6) is 2.02. The molecule has 72 valence electrons. The highest BCUT2D eigenvalue weighted by atomic mass is 32.1. The highest BCUT2D eigenvalue weighted by Crippen LogP contribution is 2.11. The van der Waals surface area contributed by atoms with Crippen LogP contribution in [0.5, 0.6) is 0 Å². The summed E-state index contributed by atoms with van der Waals surface area (Å²) in [7, 11) is 0. The Morgan fingerprint density at radius 1 is 1.50 bits per heavy atom. The number of rotatable bonds is 2. The Morgan fingerprint density at radius 2 is 2.21 bits per heavy atom. The van der Waals surface area contributed by atoms with E-state index in [0.717, 1.165) is 0 Å². The van der Waals surface area contributed by atoms with Crippen molar-refractivity contribution in [3.05, 3.63) is 30.1 Å². The van der Waals surface area contributed by atoms with Crippen molar-refractivity contribution in [2.75, 3.05) is 11.9 Å². The van der Waals surface area contributed by atoms with Gasteiger partial charge in [0.2, 0.25) is 0 Å². The van der Waals surface area contributed by atoms with Crippen molar-refractivity contribution >= 4 is 23.0 Å². The average molecular weight is 208 g/mol. The number of thiocarbonyl (C=S) groups is 1. The molecule has 1 rings (SSSR count). The standard InChI is InChI=1S/C10H9FN2S/c1-2-7-12-10(14)13-9-6-4-3-5-8(9)11/h1,3-6H,7H2,(H2,12,13,14). The van der Waals surface area contributed by atoms with Crippen LogP contribution in [0, 0.1) is 18.2 Å². The first-order valence-corrected chi connectivity index (χ1v) is 4.37. The van der Waals surface area contributed by atoms with Gasteiger partial charge in [0.25, 0.3) is 0 Å². The lowest BCUT2D eigenvalue weighted by Crippen LogP contribution is -2.28. The molecule has 0 atom stereocenters. The first kappa shape index (κ1) is 10.5. The van der Waals surface area contributed by atoms with E-state index in [1.54, 1.807) is 18.2 Å². The van der Waals surface area contributed by atoms with Gasteiger partial charge in [-0.05, 0) is 24.4 Å². The van der Waals surface area contributed by atoms with Crippen molar-refractivity contribution in [2.45, 2.75) is 0 Å². The van der Waals surface area contributed by atoms with E-state index in [1.807, 2.05) is 0 Å². The predicted molar refractivity (Wildman–Crippen MR) is 59.5 cm³/mol. The van der Waals surface area contributed by atoms with Gasteiger partial charge in [-0.25, -0.2) is 4.39 Å². The topological polar surface area (TPSA) is 24.1 Å². The third-order valence-corrected chi connectivity index (χ3v) is 1.72. The molecule has 14 heavy (non-hydrogen) atoms. The van der Waals surface area contributed by atoms with Crippen LogP contribution in [-0.4, -0.2) is 11.7 Å². The van der Waals surface area contributed by atoms with E-state index in [9.17, 15) is 4.39 Å². The summed E-state index contributed by atoms with van der Waals surface area (Å²) in [5, 5.41) is 5.73. The molecule has 1 aromatic carbocycles. The van der Waals surface area contributed by atoms with Crippen molar-refractivity contribution in [1.29, 1.82) is 0 Å². The fraction of sp³-hybridized carbons (Fsp3) is 0.100. The Bertz CT molecular complexity index is 371. The lowest BCUT2D eigenvalue weighted by molar-refractivity contribution is 0.632. The van der Waals surface area contributed by atoms with E-state index in [1.165, 1.54) is 6.07 Å². The van der Waals surface area contributed by atoms with Gasteiger partial charge < -0.3 is 10.6 Å². The molecule has 0 saturated carbocycles. The van der Waals surface area contributed by atoms with Crippen LogP contribution in [0.1, 0.15) is 0 Å². The lowest BCUT2D eigenvalue weighted by Gasteiger charge is -2.08. The Kier molecular flexibility index (Phi) is 3.89. The molecule has 0 aliphatic rings. The average Bonchev–Trinajstić information content (AvgIpc) is 2.18. The van der Waals surface area contributed by atoms with Crippen molar-refractivity contribution in [1.82, 2.24) is 5.32 Å². The maximum Gasteiger partial charge on any atom is 0.171 e. The number of hydrogen-bond acceptors (Lipinski definition) is 1. The fourth-order valence-corrected chi connectivity index (χ4v) is 1.04. The summed E-state index contributed by atoms with van der Waals surface area (Å²) in [4.78, 5) is 0. The summed E-state index contributed by atoms with van der Waals surface area (Å²) in [5.41, 5.74) is 0.335. The SMILES string of the molecule is C#CCNC(=S)Nc1ccccc1F. The van der Waals surface area contributed by atoms with E-state index in [0.29, 0.717) is 17.3 Å². The van der Waals surface area contributed by atoms with Gasteiger partial charge in [-0.1, -0.05) is 18.1 Å². The van der Waals surface area contributed by atoms with Gasteiger partial charge in [0.05, 0.1) is 12.2 Å². The molecule has 0 aromatic heterocycles. The number of nitrogens with one attached hydrogen (secondary N) is 2. The van der Waals surface area contributed by atoms with Gasteiger partial charge in [-0.2, -0.15) is 0 Å².